The molecule has 0 radical (unpaired) electrons. The Labute approximate surface area is 95.9 Å². The van der Waals surface area contributed by atoms with Crippen molar-refractivity contribution in [2.75, 3.05) is 6.26 Å². The van der Waals surface area contributed by atoms with Crippen LogP contribution in [0.2, 0.25) is 0 Å². The quantitative estimate of drug-likeness (QED) is 0.772. The second-order valence-electron chi connectivity index (χ2n) is 3.44. The lowest BCUT2D eigenvalue weighted by atomic mass is 10.2. The molecule has 8 nitrogen and oxygen atoms in total. The van der Waals surface area contributed by atoms with Crippen LogP contribution in [0.5, 0.6) is 0 Å². The van der Waals surface area contributed by atoms with Crippen LogP contribution in [-0.2, 0) is 9.84 Å². The van der Waals surface area contributed by atoms with Crippen LogP contribution in [0.3, 0.4) is 0 Å². The fraction of sp³-hybridized carbons (Fsp3) is 0.250. The first-order valence-electron chi connectivity index (χ1n) is 4.46. The number of carboxylic acids is 1. The molecule has 0 spiro atoms. The van der Waals surface area contributed by atoms with E-state index in [-0.39, 0.29) is 22.2 Å². The molecule has 0 saturated carbocycles. The minimum absolute atomic E-state index is 0.0490. The van der Waals surface area contributed by atoms with Crippen LogP contribution in [0.25, 0.3) is 5.78 Å². The highest BCUT2D eigenvalue weighted by Crippen LogP contribution is 2.10. The molecule has 1 N–H and O–H groups in total. The van der Waals surface area contributed by atoms with E-state index in [0.29, 0.717) is 0 Å². The molecular weight excluding hydrogens is 248 g/mol. The number of hydrogen-bond acceptors (Lipinski definition) is 6. The molecule has 90 valence electrons. The molecule has 0 atom stereocenters. The third-order valence-corrected chi connectivity index (χ3v) is 2.99. The summed E-state index contributed by atoms with van der Waals surface area (Å²) in [6.45, 7) is 1.50. The Morgan fingerprint density at radius 2 is 2.12 bits per heavy atom. The summed E-state index contributed by atoms with van der Waals surface area (Å²) in [5.74, 6) is -1.11. The van der Waals surface area contributed by atoms with Crippen molar-refractivity contribution < 1.29 is 18.3 Å². The van der Waals surface area contributed by atoms with Gasteiger partial charge in [-0.05, 0) is 6.92 Å². The van der Waals surface area contributed by atoms with Gasteiger partial charge in [-0.1, -0.05) is 0 Å². The number of carbonyl (C=O) groups is 1. The van der Waals surface area contributed by atoms with Gasteiger partial charge in [-0.25, -0.2) is 18.2 Å². The predicted molar refractivity (Wildman–Crippen MR) is 55.6 cm³/mol. The fourth-order valence-corrected chi connectivity index (χ4v) is 1.77. The molecular formula is C8H8N4O4S. The van der Waals surface area contributed by atoms with Crippen molar-refractivity contribution in [3.05, 3.63) is 17.5 Å². The topological polar surface area (TPSA) is 115 Å². The third kappa shape index (κ3) is 1.84. The Bertz CT molecular complexity index is 718. The molecule has 0 aliphatic heterocycles. The molecule has 0 aliphatic rings. The Balaban J connectivity index is 2.79. The van der Waals surface area contributed by atoms with E-state index in [4.69, 9.17) is 5.11 Å². The lowest BCUT2D eigenvalue weighted by molar-refractivity contribution is 0.0695. The summed E-state index contributed by atoms with van der Waals surface area (Å²) in [5.41, 5.74) is 0.215. The van der Waals surface area contributed by atoms with Gasteiger partial charge >= 0.3 is 5.97 Å². The highest BCUT2D eigenvalue weighted by Gasteiger charge is 2.18. The van der Waals surface area contributed by atoms with Gasteiger partial charge in [-0.15, -0.1) is 5.10 Å². The molecule has 0 unspecified atom stereocenters. The molecule has 9 heteroatoms. The SMILES string of the molecule is Cc1c(C(=O)O)cnc2nc(S(C)(=O)=O)nn12. The van der Waals surface area contributed by atoms with Crippen LogP contribution >= 0.6 is 0 Å². The number of fused-ring (bicyclic) bond motifs is 1. The van der Waals surface area contributed by atoms with Gasteiger partial charge in [-0.3, -0.25) is 0 Å². The summed E-state index contributed by atoms with van der Waals surface area (Å²) in [7, 11) is -3.55. The van der Waals surface area contributed by atoms with E-state index in [1.807, 2.05) is 0 Å². The predicted octanol–water partition coefficient (Wildman–Crippen LogP) is -0.466. The maximum atomic E-state index is 11.3. The third-order valence-electron chi connectivity index (χ3n) is 2.15. The van der Waals surface area contributed by atoms with Gasteiger partial charge < -0.3 is 5.11 Å². The molecule has 2 aromatic rings. The van der Waals surface area contributed by atoms with E-state index < -0.39 is 15.8 Å². The highest BCUT2D eigenvalue weighted by atomic mass is 32.2. The molecule has 0 fully saturated rings. The Morgan fingerprint density at radius 1 is 1.47 bits per heavy atom. The maximum Gasteiger partial charge on any atom is 0.339 e. The van der Waals surface area contributed by atoms with Gasteiger partial charge in [0.1, 0.15) is 0 Å². The summed E-state index contributed by atoms with van der Waals surface area (Å²) in [5, 5.41) is 12.2. The molecule has 0 saturated heterocycles. The molecule has 2 heterocycles. The summed E-state index contributed by atoms with van der Waals surface area (Å²) in [6, 6.07) is 0. The van der Waals surface area contributed by atoms with Crippen molar-refractivity contribution in [2.45, 2.75) is 12.1 Å². The van der Waals surface area contributed by atoms with Crippen LogP contribution in [-0.4, -0.2) is 45.3 Å². The second kappa shape index (κ2) is 3.48. The highest BCUT2D eigenvalue weighted by molar-refractivity contribution is 7.90. The Hall–Kier alpha value is -2.03. The largest absolute Gasteiger partial charge is 0.478 e. The van der Waals surface area contributed by atoms with Crippen molar-refractivity contribution in [1.82, 2.24) is 19.6 Å². The minimum Gasteiger partial charge on any atom is -0.478 e. The molecule has 2 rings (SSSR count). The molecule has 2 aromatic heterocycles. The number of aromatic carboxylic acids is 1. The average Bonchev–Trinajstić information content (AvgIpc) is 2.61. The first kappa shape index (κ1) is 11.5. The van der Waals surface area contributed by atoms with Crippen molar-refractivity contribution >= 4 is 21.6 Å². The van der Waals surface area contributed by atoms with E-state index in [1.165, 1.54) is 6.92 Å². The average molecular weight is 256 g/mol. The smallest absolute Gasteiger partial charge is 0.339 e. The van der Waals surface area contributed by atoms with Crippen molar-refractivity contribution in [3.8, 4) is 0 Å². The number of rotatable bonds is 2. The lowest BCUT2D eigenvalue weighted by Gasteiger charge is -2.00. The van der Waals surface area contributed by atoms with Gasteiger partial charge in [0, 0.05) is 12.5 Å². The first-order valence-corrected chi connectivity index (χ1v) is 6.35. The van der Waals surface area contributed by atoms with Crippen molar-refractivity contribution in [1.29, 1.82) is 0 Å². The van der Waals surface area contributed by atoms with E-state index in [9.17, 15) is 13.2 Å². The first-order chi connectivity index (χ1) is 7.80. The van der Waals surface area contributed by atoms with Crippen LogP contribution < -0.4 is 0 Å². The molecule has 0 aliphatic carbocycles. The van der Waals surface area contributed by atoms with E-state index in [2.05, 4.69) is 15.1 Å². The van der Waals surface area contributed by atoms with Crippen LogP contribution in [0.1, 0.15) is 16.1 Å². The van der Waals surface area contributed by atoms with Gasteiger partial charge in [0.25, 0.3) is 10.9 Å². The normalized spacial score (nSPS) is 11.9. The van der Waals surface area contributed by atoms with Crippen LogP contribution in [0.15, 0.2) is 11.4 Å². The zero-order chi connectivity index (χ0) is 12.8. The minimum atomic E-state index is -3.55. The summed E-state index contributed by atoms with van der Waals surface area (Å²) < 4.78 is 23.6. The fourth-order valence-electron chi connectivity index (χ4n) is 1.29. The number of carboxylic acid groups (broad SMARTS) is 1. The van der Waals surface area contributed by atoms with Gasteiger partial charge in [0.2, 0.25) is 9.84 Å². The Morgan fingerprint density at radius 3 is 2.65 bits per heavy atom. The number of nitrogens with zero attached hydrogens (tertiary/aromatic N) is 4. The van der Waals surface area contributed by atoms with Gasteiger partial charge in [0.15, 0.2) is 0 Å². The summed E-state index contributed by atoms with van der Waals surface area (Å²) >= 11 is 0. The molecule has 0 bridgehead atoms. The van der Waals surface area contributed by atoms with Crippen molar-refractivity contribution in [2.24, 2.45) is 0 Å². The molecule has 0 aromatic carbocycles. The van der Waals surface area contributed by atoms with E-state index in [1.54, 1.807) is 0 Å². The maximum absolute atomic E-state index is 11.3. The molecule has 17 heavy (non-hydrogen) atoms. The standard InChI is InChI=1S/C8H8N4O4S/c1-4-5(6(13)14)3-9-7-10-8(11-12(4)7)17(2,15)16/h3H,1-2H3,(H,13,14). The van der Waals surface area contributed by atoms with Crippen LogP contribution in [0, 0.1) is 6.92 Å². The Kier molecular flexibility index (Phi) is 2.35. The molecule has 0 amide bonds. The number of hydrogen-bond donors (Lipinski definition) is 1. The van der Waals surface area contributed by atoms with Gasteiger partial charge in [0.05, 0.1) is 11.3 Å². The van der Waals surface area contributed by atoms with Gasteiger partial charge in [-0.2, -0.15) is 9.50 Å². The van der Waals surface area contributed by atoms with Crippen molar-refractivity contribution in [3.63, 3.8) is 0 Å². The zero-order valence-electron chi connectivity index (χ0n) is 8.95. The number of aromatic nitrogens is 4. The lowest BCUT2D eigenvalue weighted by Crippen LogP contribution is -2.07. The van der Waals surface area contributed by atoms with E-state index >= 15 is 0 Å². The number of aryl methyl sites for hydroxylation is 1. The van der Waals surface area contributed by atoms with E-state index in [0.717, 1.165) is 17.0 Å². The number of sulfone groups is 1. The monoisotopic (exact) mass is 256 g/mol. The zero-order valence-corrected chi connectivity index (χ0v) is 9.76. The summed E-state index contributed by atoms with van der Waals surface area (Å²) in [6.07, 6.45) is 2.09. The second-order valence-corrected chi connectivity index (χ2v) is 5.35. The summed E-state index contributed by atoms with van der Waals surface area (Å²) in [4.78, 5) is 18.3. The van der Waals surface area contributed by atoms with Crippen LogP contribution in [0.4, 0.5) is 0 Å².